The van der Waals surface area contributed by atoms with Crippen LogP contribution in [0.4, 0.5) is 5.69 Å². The molecule has 4 N–H and O–H groups in total. The van der Waals surface area contributed by atoms with Crippen molar-refractivity contribution in [2.24, 2.45) is 5.92 Å². The molecule has 0 spiro atoms. The number of carboxylic acids is 1. The number of nitrogen functional groups attached to an aromatic ring is 1. The number of amides is 2. The molecule has 2 fully saturated rings. The molecule has 3 rings (SSSR count). The molecule has 2 aliphatic heterocycles. The number of aliphatic carboxylic acids is 1. The van der Waals surface area contributed by atoms with Gasteiger partial charge in [-0.1, -0.05) is 12.1 Å². The monoisotopic (exact) mass is 423 g/mol. The quantitative estimate of drug-likeness (QED) is 0.463. The number of carbonyl (C=O) groups excluding carboxylic acids is 2. The second kappa shape index (κ2) is 8.55. The fourth-order valence-electron chi connectivity index (χ4n) is 3.91. The summed E-state index contributed by atoms with van der Waals surface area (Å²) in [7, 11) is -3.66. The van der Waals surface area contributed by atoms with Crippen molar-refractivity contribution in [2.75, 3.05) is 24.6 Å². The van der Waals surface area contributed by atoms with E-state index in [2.05, 4.69) is 0 Å². The number of nitrogens with two attached hydrogens (primary N) is 1. The lowest BCUT2D eigenvalue weighted by Crippen LogP contribution is -2.60. The molecule has 1 aromatic carbocycles. The minimum absolute atomic E-state index is 0.000712. The molecule has 2 aliphatic rings. The van der Waals surface area contributed by atoms with Crippen LogP contribution >= 0.6 is 7.37 Å². The Morgan fingerprint density at radius 3 is 2.55 bits per heavy atom. The number of fused-ring (bicyclic) bond motifs is 1. The van der Waals surface area contributed by atoms with Crippen LogP contribution in [0.15, 0.2) is 24.3 Å². The topological polar surface area (TPSA) is 141 Å². The third kappa shape index (κ3) is 4.97. The molecule has 0 bridgehead atoms. The molecule has 29 heavy (non-hydrogen) atoms. The van der Waals surface area contributed by atoms with Gasteiger partial charge in [0.25, 0.3) is 0 Å². The highest BCUT2D eigenvalue weighted by atomic mass is 31.2. The molecule has 0 aliphatic carbocycles. The van der Waals surface area contributed by atoms with E-state index in [-0.39, 0.29) is 44.0 Å². The van der Waals surface area contributed by atoms with Gasteiger partial charge in [0.2, 0.25) is 19.2 Å². The number of carboxylic acid groups (broad SMARTS) is 1. The van der Waals surface area contributed by atoms with Crippen LogP contribution in [0.2, 0.25) is 0 Å². The van der Waals surface area contributed by atoms with Crippen molar-refractivity contribution in [3.05, 3.63) is 29.8 Å². The van der Waals surface area contributed by atoms with Crippen LogP contribution in [0.1, 0.15) is 31.2 Å². The maximum absolute atomic E-state index is 13.1. The van der Waals surface area contributed by atoms with Crippen molar-refractivity contribution in [1.82, 2.24) is 10.0 Å². The highest BCUT2D eigenvalue weighted by molar-refractivity contribution is 7.58. The predicted octanol–water partition coefficient (Wildman–Crippen LogP) is 1.31. The van der Waals surface area contributed by atoms with Gasteiger partial charge >= 0.3 is 5.97 Å². The normalized spacial score (nSPS) is 24.6. The highest BCUT2D eigenvalue weighted by Gasteiger charge is 2.45. The first kappa shape index (κ1) is 21.3. The number of hydrogen-bond donors (Lipinski definition) is 3. The lowest BCUT2D eigenvalue weighted by molar-refractivity contribution is -0.181. The summed E-state index contributed by atoms with van der Waals surface area (Å²) in [5, 5.41) is 11.7. The summed E-state index contributed by atoms with van der Waals surface area (Å²) >= 11 is 0. The number of hydrazine groups is 1. The van der Waals surface area contributed by atoms with E-state index in [9.17, 15) is 28.9 Å². The average Bonchev–Trinajstić information content (AvgIpc) is 2.79. The van der Waals surface area contributed by atoms with Crippen LogP contribution in [-0.4, -0.2) is 62.7 Å². The van der Waals surface area contributed by atoms with Gasteiger partial charge in [-0.3, -0.25) is 19.2 Å². The molecule has 0 aromatic heterocycles. The molecule has 1 unspecified atom stereocenters. The van der Waals surface area contributed by atoms with E-state index in [4.69, 9.17) is 5.73 Å². The Kier molecular flexibility index (Phi) is 6.29. The van der Waals surface area contributed by atoms with Crippen LogP contribution in [0.25, 0.3) is 0 Å². The molecule has 10 heteroatoms. The minimum Gasteiger partial charge on any atom is -0.480 e. The SMILES string of the molecule is Nc1ccc(CCP(=O)(O)C[C@H]2CCC(=O)N3CCC[C@@H](C(=O)O)N3C2=O)cc1. The van der Waals surface area contributed by atoms with E-state index in [0.717, 1.165) is 10.6 Å². The van der Waals surface area contributed by atoms with Crippen molar-refractivity contribution >= 4 is 30.8 Å². The number of anilines is 1. The standard InChI is InChI=1S/C19H26N3O6P/c20-15-6-3-13(4-7-15)9-11-29(27,28)12-14-5-8-17(23)21-10-1-2-16(19(25)26)22(21)18(14)24/h3-4,6-7,14,16H,1-2,5,8-12,20H2,(H,25,26)(H,27,28)/t14-,16+/m1/s1. The third-order valence-corrected chi connectivity index (χ3v) is 7.43. The zero-order valence-electron chi connectivity index (χ0n) is 16.1. The molecular weight excluding hydrogens is 397 g/mol. The van der Waals surface area contributed by atoms with Gasteiger partial charge in [0.1, 0.15) is 0 Å². The molecule has 1 aromatic rings. The molecule has 3 atom stereocenters. The Labute approximate surface area is 168 Å². The second-order valence-electron chi connectivity index (χ2n) is 7.68. The Hall–Kier alpha value is -2.38. The summed E-state index contributed by atoms with van der Waals surface area (Å²) in [4.78, 5) is 47.5. The van der Waals surface area contributed by atoms with Crippen LogP contribution in [0.5, 0.6) is 0 Å². The summed E-state index contributed by atoms with van der Waals surface area (Å²) in [5.41, 5.74) is 7.11. The van der Waals surface area contributed by atoms with E-state index in [1.807, 2.05) is 0 Å². The number of hydrogen-bond acceptors (Lipinski definition) is 5. The number of benzene rings is 1. The van der Waals surface area contributed by atoms with Crippen LogP contribution < -0.4 is 5.73 Å². The summed E-state index contributed by atoms with van der Waals surface area (Å²) < 4.78 is 12.8. The molecule has 0 saturated carbocycles. The first-order chi connectivity index (χ1) is 13.7. The number of carbonyl (C=O) groups is 3. The molecule has 2 saturated heterocycles. The first-order valence-corrected chi connectivity index (χ1v) is 11.7. The maximum atomic E-state index is 13.1. The van der Waals surface area contributed by atoms with E-state index < -0.39 is 31.2 Å². The van der Waals surface area contributed by atoms with Gasteiger partial charge in [-0.25, -0.2) is 9.80 Å². The van der Waals surface area contributed by atoms with E-state index in [1.165, 1.54) is 5.01 Å². The Balaban J connectivity index is 1.72. The van der Waals surface area contributed by atoms with E-state index >= 15 is 0 Å². The summed E-state index contributed by atoms with van der Waals surface area (Å²) in [6.45, 7) is 0.287. The molecular formula is C19H26N3O6P. The Bertz CT molecular complexity index is 843. The largest absolute Gasteiger partial charge is 0.480 e. The zero-order chi connectivity index (χ0) is 21.2. The van der Waals surface area contributed by atoms with Gasteiger partial charge in [0.05, 0.1) is 0 Å². The molecule has 0 radical (unpaired) electrons. The van der Waals surface area contributed by atoms with Crippen molar-refractivity contribution < 1.29 is 28.9 Å². The smallest absolute Gasteiger partial charge is 0.328 e. The minimum atomic E-state index is -3.66. The number of nitrogens with zero attached hydrogens (tertiary/aromatic N) is 2. The highest BCUT2D eigenvalue weighted by Crippen LogP contribution is 2.45. The van der Waals surface area contributed by atoms with Gasteiger partial charge < -0.3 is 15.7 Å². The summed E-state index contributed by atoms with van der Waals surface area (Å²) in [6, 6.07) is 5.89. The fourth-order valence-corrected chi connectivity index (χ4v) is 5.73. The molecule has 2 amide bonds. The lowest BCUT2D eigenvalue weighted by atomic mass is 10.0. The van der Waals surface area contributed by atoms with Crippen LogP contribution in [0, 0.1) is 5.92 Å². The van der Waals surface area contributed by atoms with Crippen molar-refractivity contribution in [3.63, 3.8) is 0 Å². The third-order valence-electron chi connectivity index (χ3n) is 5.49. The Morgan fingerprint density at radius 2 is 1.90 bits per heavy atom. The predicted molar refractivity (Wildman–Crippen MR) is 106 cm³/mol. The van der Waals surface area contributed by atoms with E-state index in [1.54, 1.807) is 24.3 Å². The van der Waals surface area contributed by atoms with Gasteiger partial charge in [0.15, 0.2) is 6.04 Å². The summed E-state index contributed by atoms with van der Waals surface area (Å²) in [5.74, 6) is -2.90. The van der Waals surface area contributed by atoms with Crippen LogP contribution in [0.3, 0.4) is 0 Å². The van der Waals surface area contributed by atoms with Gasteiger partial charge in [-0.2, -0.15) is 0 Å². The van der Waals surface area contributed by atoms with Crippen molar-refractivity contribution in [3.8, 4) is 0 Å². The lowest BCUT2D eigenvalue weighted by Gasteiger charge is -2.42. The first-order valence-electron chi connectivity index (χ1n) is 9.69. The van der Waals surface area contributed by atoms with Crippen molar-refractivity contribution in [2.45, 2.75) is 38.1 Å². The number of aryl methyl sites for hydroxylation is 1. The van der Waals surface area contributed by atoms with Gasteiger partial charge in [-0.05, 0) is 43.4 Å². The van der Waals surface area contributed by atoms with Crippen molar-refractivity contribution in [1.29, 1.82) is 0 Å². The molecule has 2 heterocycles. The average molecular weight is 423 g/mol. The molecule has 158 valence electrons. The number of rotatable bonds is 6. The maximum Gasteiger partial charge on any atom is 0.328 e. The fraction of sp³-hybridized carbons (Fsp3) is 0.526. The van der Waals surface area contributed by atoms with Gasteiger partial charge in [-0.15, -0.1) is 0 Å². The molecule has 9 nitrogen and oxygen atoms in total. The summed E-state index contributed by atoms with van der Waals surface area (Å²) in [6.07, 6.45) is 1.05. The Morgan fingerprint density at radius 1 is 1.21 bits per heavy atom. The second-order valence-corrected chi connectivity index (χ2v) is 10.2. The van der Waals surface area contributed by atoms with E-state index in [0.29, 0.717) is 18.5 Å². The van der Waals surface area contributed by atoms with Crippen LogP contribution in [-0.2, 0) is 25.4 Å². The van der Waals surface area contributed by atoms with Gasteiger partial charge in [0, 0.05) is 36.9 Å². The zero-order valence-corrected chi connectivity index (χ0v) is 17.0.